The van der Waals surface area contributed by atoms with Gasteiger partial charge in [0.25, 0.3) is 5.91 Å². The lowest BCUT2D eigenvalue weighted by molar-refractivity contribution is 0.0899. The summed E-state index contributed by atoms with van der Waals surface area (Å²) in [6.45, 7) is 5.01. The smallest absolute Gasteiger partial charge is 0.287 e. The van der Waals surface area contributed by atoms with Crippen LogP contribution in [0.4, 0.5) is 0 Å². The Balaban J connectivity index is 1.82. The summed E-state index contributed by atoms with van der Waals surface area (Å²) in [6, 6.07) is 6.44. The minimum absolute atomic E-state index is 0.112. The SMILES string of the molecule is Cc1c(C(=O)NC2CCNC(C)C2)oc2ccc(Br)cc12. The van der Waals surface area contributed by atoms with Crippen molar-refractivity contribution in [2.75, 3.05) is 6.54 Å². The van der Waals surface area contributed by atoms with Gasteiger partial charge in [-0.1, -0.05) is 15.9 Å². The van der Waals surface area contributed by atoms with Crippen LogP contribution < -0.4 is 10.6 Å². The highest BCUT2D eigenvalue weighted by atomic mass is 79.9. The number of amides is 1. The summed E-state index contributed by atoms with van der Waals surface area (Å²) in [5, 5.41) is 7.46. The van der Waals surface area contributed by atoms with Crippen molar-refractivity contribution in [3.63, 3.8) is 0 Å². The van der Waals surface area contributed by atoms with E-state index in [1.54, 1.807) is 0 Å². The fourth-order valence-electron chi connectivity index (χ4n) is 2.92. The Morgan fingerprint density at radius 2 is 2.29 bits per heavy atom. The number of halogens is 1. The average molecular weight is 351 g/mol. The fraction of sp³-hybridized carbons (Fsp3) is 0.438. The molecule has 0 aliphatic carbocycles. The number of aryl methyl sites for hydroxylation is 1. The topological polar surface area (TPSA) is 54.3 Å². The van der Waals surface area contributed by atoms with Gasteiger partial charge in [-0.05, 0) is 51.4 Å². The van der Waals surface area contributed by atoms with Gasteiger partial charge in [0.05, 0.1) is 0 Å². The van der Waals surface area contributed by atoms with Crippen LogP contribution in [0.2, 0.25) is 0 Å². The standard InChI is InChI=1S/C16H19BrN2O2/c1-9-7-12(5-6-18-9)19-16(20)15-10(2)13-8-11(17)3-4-14(13)21-15/h3-4,8-9,12,18H,5-7H2,1-2H3,(H,19,20). The number of nitrogens with one attached hydrogen (secondary N) is 2. The van der Waals surface area contributed by atoms with Crippen LogP contribution in [0.5, 0.6) is 0 Å². The number of hydrogen-bond donors (Lipinski definition) is 2. The molecule has 1 saturated heterocycles. The van der Waals surface area contributed by atoms with E-state index in [1.165, 1.54) is 0 Å². The summed E-state index contributed by atoms with van der Waals surface area (Å²) in [5.74, 6) is 0.313. The van der Waals surface area contributed by atoms with E-state index in [9.17, 15) is 4.79 Å². The third-order valence-electron chi connectivity index (χ3n) is 4.06. The quantitative estimate of drug-likeness (QED) is 0.872. The van der Waals surface area contributed by atoms with Crippen molar-refractivity contribution in [3.8, 4) is 0 Å². The number of carbonyl (C=O) groups is 1. The van der Waals surface area contributed by atoms with Gasteiger partial charge in [-0.15, -0.1) is 0 Å². The van der Waals surface area contributed by atoms with Crippen molar-refractivity contribution in [2.24, 2.45) is 0 Å². The first-order valence-corrected chi connectivity index (χ1v) is 8.07. The maximum absolute atomic E-state index is 12.5. The van der Waals surface area contributed by atoms with Crippen molar-refractivity contribution >= 4 is 32.8 Å². The Morgan fingerprint density at radius 3 is 3.05 bits per heavy atom. The third-order valence-corrected chi connectivity index (χ3v) is 4.56. The summed E-state index contributed by atoms with van der Waals surface area (Å²) < 4.78 is 6.72. The molecule has 0 spiro atoms. The maximum Gasteiger partial charge on any atom is 0.287 e. The van der Waals surface area contributed by atoms with Gasteiger partial charge in [-0.3, -0.25) is 4.79 Å². The Kier molecular flexibility index (Phi) is 4.04. The molecule has 3 rings (SSSR count). The van der Waals surface area contributed by atoms with Crippen LogP contribution in [0.25, 0.3) is 11.0 Å². The summed E-state index contributed by atoms with van der Waals surface area (Å²) in [6.07, 6.45) is 1.91. The van der Waals surface area contributed by atoms with E-state index < -0.39 is 0 Å². The van der Waals surface area contributed by atoms with E-state index in [0.717, 1.165) is 40.4 Å². The molecule has 2 atom stereocenters. The molecule has 0 radical (unpaired) electrons. The normalized spacial score (nSPS) is 22.4. The highest BCUT2D eigenvalue weighted by molar-refractivity contribution is 9.10. The molecule has 2 aromatic rings. The Morgan fingerprint density at radius 1 is 1.48 bits per heavy atom. The largest absolute Gasteiger partial charge is 0.451 e. The number of benzene rings is 1. The van der Waals surface area contributed by atoms with E-state index in [-0.39, 0.29) is 11.9 Å². The van der Waals surface area contributed by atoms with Crippen molar-refractivity contribution < 1.29 is 9.21 Å². The first-order valence-electron chi connectivity index (χ1n) is 7.27. The molecule has 112 valence electrons. The number of piperidine rings is 1. The molecule has 2 heterocycles. The molecule has 0 saturated carbocycles. The van der Waals surface area contributed by atoms with E-state index in [4.69, 9.17) is 4.42 Å². The lowest BCUT2D eigenvalue weighted by Crippen LogP contribution is -2.46. The zero-order chi connectivity index (χ0) is 15.0. The number of rotatable bonds is 2. The molecule has 1 aromatic heterocycles. The summed E-state index contributed by atoms with van der Waals surface area (Å²) in [4.78, 5) is 12.5. The molecular weight excluding hydrogens is 332 g/mol. The highest BCUT2D eigenvalue weighted by Gasteiger charge is 2.23. The first-order chi connectivity index (χ1) is 10.0. The highest BCUT2D eigenvalue weighted by Crippen LogP contribution is 2.28. The van der Waals surface area contributed by atoms with Crippen molar-refractivity contribution in [1.29, 1.82) is 0 Å². The third kappa shape index (κ3) is 2.99. The molecule has 0 bridgehead atoms. The minimum atomic E-state index is -0.112. The van der Waals surface area contributed by atoms with Crippen LogP contribution in [-0.4, -0.2) is 24.5 Å². The van der Waals surface area contributed by atoms with Gasteiger partial charge in [0.15, 0.2) is 5.76 Å². The van der Waals surface area contributed by atoms with Crippen molar-refractivity contribution in [1.82, 2.24) is 10.6 Å². The molecule has 1 fully saturated rings. The Hall–Kier alpha value is -1.33. The molecule has 1 aliphatic rings. The second-order valence-electron chi connectivity index (χ2n) is 5.75. The van der Waals surface area contributed by atoms with Crippen molar-refractivity contribution in [3.05, 3.63) is 34.0 Å². The van der Waals surface area contributed by atoms with E-state index >= 15 is 0 Å². The lowest BCUT2D eigenvalue weighted by atomic mass is 10.0. The number of carbonyl (C=O) groups excluding carboxylic acids is 1. The molecule has 1 amide bonds. The van der Waals surface area contributed by atoms with Gasteiger partial charge in [0.2, 0.25) is 0 Å². The maximum atomic E-state index is 12.5. The van der Waals surface area contributed by atoms with Crippen LogP contribution >= 0.6 is 15.9 Å². The molecular formula is C16H19BrN2O2. The molecule has 5 heteroatoms. The minimum Gasteiger partial charge on any atom is -0.451 e. The molecule has 1 aliphatic heterocycles. The average Bonchev–Trinajstić information content (AvgIpc) is 2.76. The molecule has 1 aromatic carbocycles. The zero-order valence-corrected chi connectivity index (χ0v) is 13.8. The van der Waals surface area contributed by atoms with Crippen LogP contribution in [0.3, 0.4) is 0 Å². The summed E-state index contributed by atoms with van der Waals surface area (Å²) in [7, 11) is 0. The van der Waals surface area contributed by atoms with Crippen LogP contribution in [0.15, 0.2) is 27.1 Å². The second kappa shape index (κ2) is 5.81. The predicted molar refractivity (Wildman–Crippen MR) is 86.6 cm³/mol. The van der Waals surface area contributed by atoms with Crippen LogP contribution in [0, 0.1) is 6.92 Å². The van der Waals surface area contributed by atoms with Crippen LogP contribution in [0.1, 0.15) is 35.9 Å². The van der Waals surface area contributed by atoms with Gasteiger partial charge in [-0.25, -0.2) is 0 Å². The van der Waals surface area contributed by atoms with Crippen molar-refractivity contribution in [2.45, 2.75) is 38.8 Å². The summed E-state index contributed by atoms with van der Waals surface area (Å²) >= 11 is 3.45. The fourth-order valence-corrected chi connectivity index (χ4v) is 3.28. The zero-order valence-electron chi connectivity index (χ0n) is 12.2. The predicted octanol–water partition coefficient (Wildman–Crippen LogP) is 3.37. The Labute approximate surface area is 132 Å². The lowest BCUT2D eigenvalue weighted by Gasteiger charge is -2.28. The monoisotopic (exact) mass is 350 g/mol. The van der Waals surface area contributed by atoms with Gasteiger partial charge in [-0.2, -0.15) is 0 Å². The van der Waals surface area contributed by atoms with Gasteiger partial charge < -0.3 is 15.1 Å². The molecule has 4 nitrogen and oxygen atoms in total. The van der Waals surface area contributed by atoms with E-state index in [1.807, 2.05) is 25.1 Å². The second-order valence-corrected chi connectivity index (χ2v) is 6.66. The van der Waals surface area contributed by atoms with Crippen LogP contribution in [-0.2, 0) is 0 Å². The van der Waals surface area contributed by atoms with E-state index in [0.29, 0.717) is 11.8 Å². The molecule has 21 heavy (non-hydrogen) atoms. The van der Waals surface area contributed by atoms with Gasteiger partial charge >= 0.3 is 0 Å². The van der Waals surface area contributed by atoms with E-state index in [2.05, 4.69) is 33.5 Å². The Bertz CT molecular complexity index is 680. The number of furan rings is 1. The summed E-state index contributed by atoms with van der Waals surface area (Å²) in [5.41, 5.74) is 1.64. The number of fused-ring (bicyclic) bond motifs is 1. The molecule has 2 unspecified atom stereocenters. The number of hydrogen-bond acceptors (Lipinski definition) is 3. The first kappa shape index (κ1) is 14.6. The van der Waals surface area contributed by atoms with Gasteiger partial charge in [0, 0.05) is 27.5 Å². The van der Waals surface area contributed by atoms with Gasteiger partial charge in [0.1, 0.15) is 5.58 Å². The molecule has 2 N–H and O–H groups in total.